The van der Waals surface area contributed by atoms with E-state index in [4.69, 9.17) is 10.5 Å². The highest BCUT2D eigenvalue weighted by atomic mass is 16.5. The highest BCUT2D eigenvalue weighted by Crippen LogP contribution is 2.27. The summed E-state index contributed by atoms with van der Waals surface area (Å²) in [4.78, 5) is 8.93. The molecule has 0 amide bonds. The molecule has 1 aliphatic rings. The van der Waals surface area contributed by atoms with Gasteiger partial charge in [0.1, 0.15) is 5.75 Å². The van der Waals surface area contributed by atoms with Crippen molar-refractivity contribution in [3.8, 4) is 16.9 Å². The van der Waals surface area contributed by atoms with E-state index in [1.165, 1.54) is 11.1 Å². The number of nitrogen functional groups attached to an aromatic ring is 1. The lowest BCUT2D eigenvalue weighted by atomic mass is 10.1. The summed E-state index contributed by atoms with van der Waals surface area (Å²) in [7, 11) is 1.63. The number of hydrogen-bond acceptors (Lipinski definition) is 5. The van der Waals surface area contributed by atoms with Crippen molar-refractivity contribution in [3.05, 3.63) is 66.0 Å². The van der Waals surface area contributed by atoms with E-state index < -0.39 is 0 Å². The molecule has 0 saturated carbocycles. The van der Waals surface area contributed by atoms with Crippen molar-refractivity contribution in [1.82, 2.24) is 9.97 Å². The molecular formula is C20H20N4O. The Kier molecular flexibility index (Phi) is 3.98. The number of hydrogen-bond donors (Lipinski definition) is 2. The minimum atomic E-state index is 0.343. The summed E-state index contributed by atoms with van der Waals surface area (Å²) in [5, 5.41) is 3.43. The lowest BCUT2D eigenvalue weighted by molar-refractivity contribution is 0.415. The standard InChI is InChI=1S/C20H20N4O/c1-25-19-9-15(6-17(21)10-19)16-11-22-20(23-12-16)24-18-7-13-4-2-3-5-14(13)8-18/h2-6,9-12,18H,7-8,21H2,1H3,(H,22,23,24). The second-order valence-electron chi connectivity index (χ2n) is 6.31. The number of nitrogens with two attached hydrogens (primary N) is 1. The molecule has 0 atom stereocenters. The predicted molar refractivity (Wildman–Crippen MR) is 99.7 cm³/mol. The maximum absolute atomic E-state index is 5.92. The zero-order valence-corrected chi connectivity index (χ0v) is 14.1. The van der Waals surface area contributed by atoms with E-state index in [-0.39, 0.29) is 0 Å². The van der Waals surface area contributed by atoms with Crippen LogP contribution in [0.25, 0.3) is 11.1 Å². The average Bonchev–Trinajstić information content (AvgIpc) is 3.04. The first-order chi connectivity index (χ1) is 12.2. The Morgan fingerprint density at radius 3 is 2.32 bits per heavy atom. The molecule has 0 radical (unpaired) electrons. The lowest BCUT2D eigenvalue weighted by Gasteiger charge is -2.12. The third kappa shape index (κ3) is 3.26. The van der Waals surface area contributed by atoms with E-state index in [2.05, 4.69) is 39.6 Å². The zero-order valence-electron chi connectivity index (χ0n) is 14.1. The van der Waals surface area contributed by atoms with E-state index in [1.807, 2.05) is 24.5 Å². The summed E-state index contributed by atoms with van der Waals surface area (Å²) in [5.74, 6) is 1.37. The lowest BCUT2D eigenvalue weighted by Crippen LogP contribution is -2.20. The van der Waals surface area contributed by atoms with Gasteiger partial charge in [-0.25, -0.2) is 9.97 Å². The highest BCUT2D eigenvalue weighted by Gasteiger charge is 2.21. The molecule has 4 rings (SSSR count). The monoisotopic (exact) mass is 332 g/mol. The van der Waals surface area contributed by atoms with Crippen molar-refractivity contribution in [1.29, 1.82) is 0 Å². The normalized spacial score (nSPS) is 13.5. The first-order valence-corrected chi connectivity index (χ1v) is 8.31. The van der Waals surface area contributed by atoms with Gasteiger partial charge in [0.25, 0.3) is 0 Å². The summed E-state index contributed by atoms with van der Waals surface area (Å²) in [6.07, 6.45) is 5.64. The van der Waals surface area contributed by atoms with E-state index in [0.717, 1.165) is 29.7 Å². The first kappa shape index (κ1) is 15.4. The molecule has 1 aliphatic carbocycles. The Balaban J connectivity index is 1.49. The van der Waals surface area contributed by atoms with Gasteiger partial charge in [-0.1, -0.05) is 24.3 Å². The Morgan fingerprint density at radius 1 is 1.00 bits per heavy atom. The molecule has 0 saturated heterocycles. The Labute approximate surface area is 146 Å². The fraction of sp³-hybridized carbons (Fsp3) is 0.200. The van der Waals surface area contributed by atoms with Crippen LogP contribution in [0.3, 0.4) is 0 Å². The molecule has 0 fully saturated rings. The van der Waals surface area contributed by atoms with Crippen molar-refractivity contribution in [3.63, 3.8) is 0 Å². The van der Waals surface area contributed by atoms with Gasteiger partial charge in [-0.3, -0.25) is 0 Å². The number of anilines is 2. The maximum atomic E-state index is 5.92. The van der Waals surface area contributed by atoms with Crippen LogP contribution in [0.5, 0.6) is 5.75 Å². The molecule has 0 aliphatic heterocycles. The van der Waals surface area contributed by atoms with Crippen LogP contribution in [0.15, 0.2) is 54.9 Å². The van der Waals surface area contributed by atoms with Gasteiger partial charge in [-0.2, -0.15) is 0 Å². The number of benzene rings is 2. The fourth-order valence-electron chi connectivity index (χ4n) is 3.30. The third-order valence-corrected chi connectivity index (χ3v) is 4.53. The average molecular weight is 332 g/mol. The molecule has 3 N–H and O–H groups in total. The molecule has 0 unspecified atom stereocenters. The van der Waals surface area contributed by atoms with Gasteiger partial charge < -0.3 is 15.8 Å². The van der Waals surface area contributed by atoms with Crippen molar-refractivity contribution >= 4 is 11.6 Å². The SMILES string of the molecule is COc1cc(N)cc(-c2cnc(NC3Cc4ccccc4C3)nc2)c1. The predicted octanol–water partition coefficient (Wildman–Crippen LogP) is 3.31. The number of ether oxygens (including phenoxy) is 1. The summed E-state index contributed by atoms with van der Waals surface area (Å²) in [6.45, 7) is 0. The second kappa shape index (κ2) is 6.43. The molecule has 0 bridgehead atoms. The van der Waals surface area contributed by atoms with Crippen LogP contribution in [-0.2, 0) is 12.8 Å². The molecule has 0 spiro atoms. The Hall–Kier alpha value is -3.08. The van der Waals surface area contributed by atoms with Gasteiger partial charge in [-0.15, -0.1) is 0 Å². The summed E-state index contributed by atoms with van der Waals surface area (Å²) in [5.41, 5.74) is 11.2. The van der Waals surface area contributed by atoms with Gasteiger partial charge in [-0.05, 0) is 41.7 Å². The number of nitrogens with zero attached hydrogens (tertiary/aromatic N) is 2. The van der Waals surface area contributed by atoms with Gasteiger partial charge in [0.05, 0.1) is 7.11 Å². The molecule has 25 heavy (non-hydrogen) atoms. The molecular weight excluding hydrogens is 312 g/mol. The van der Waals surface area contributed by atoms with Crippen LogP contribution in [0.2, 0.25) is 0 Å². The van der Waals surface area contributed by atoms with Crippen LogP contribution in [0, 0.1) is 0 Å². The van der Waals surface area contributed by atoms with Crippen LogP contribution in [0.4, 0.5) is 11.6 Å². The first-order valence-electron chi connectivity index (χ1n) is 8.31. The van der Waals surface area contributed by atoms with E-state index in [1.54, 1.807) is 13.2 Å². The number of rotatable bonds is 4. The van der Waals surface area contributed by atoms with E-state index in [9.17, 15) is 0 Å². The number of methoxy groups -OCH3 is 1. The van der Waals surface area contributed by atoms with Crippen LogP contribution in [0.1, 0.15) is 11.1 Å². The molecule has 2 aromatic carbocycles. The van der Waals surface area contributed by atoms with E-state index >= 15 is 0 Å². The van der Waals surface area contributed by atoms with Crippen molar-refractivity contribution < 1.29 is 4.74 Å². The van der Waals surface area contributed by atoms with Crippen LogP contribution in [-0.4, -0.2) is 23.1 Å². The van der Waals surface area contributed by atoms with Gasteiger partial charge in [0.15, 0.2) is 0 Å². The molecule has 3 aromatic rings. The molecule has 5 nitrogen and oxygen atoms in total. The molecule has 1 heterocycles. The molecule has 5 heteroatoms. The minimum Gasteiger partial charge on any atom is -0.497 e. The quantitative estimate of drug-likeness (QED) is 0.717. The van der Waals surface area contributed by atoms with Crippen LogP contribution < -0.4 is 15.8 Å². The number of nitrogens with one attached hydrogen (secondary N) is 1. The Morgan fingerprint density at radius 2 is 1.68 bits per heavy atom. The minimum absolute atomic E-state index is 0.343. The topological polar surface area (TPSA) is 73.1 Å². The van der Waals surface area contributed by atoms with Gasteiger partial charge >= 0.3 is 0 Å². The largest absolute Gasteiger partial charge is 0.497 e. The van der Waals surface area contributed by atoms with Crippen molar-refractivity contribution in [2.45, 2.75) is 18.9 Å². The maximum Gasteiger partial charge on any atom is 0.222 e. The fourth-order valence-corrected chi connectivity index (χ4v) is 3.30. The molecule has 126 valence electrons. The highest BCUT2D eigenvalue weighted by molar-refractivity contribution is 5.68. The smallest absolute Gasteiger partial charge is 0.222 e. The summed E-state index contributed by atoms with van der Waals surface area (Å²) < 4.78 is 5.27. The Bertz CT molecular complexity index is 867. The second-order valence-corrected chi connectivity index (χ2v) is 6.31. The molecule has 1 aromatic heterocycles. The number of fused-ring (bicyclic) bond motifs is 1. The van der Waals surface area contributed by atoms with Crippen molar-refractivity contribution in [2.24, 2.45) is 0 Å². The van der Waals surface area contributed by atoms with E-state index in [0.29, 0.717) is 17.7 Å². The van der Waals surface area contributed by atoms with Crippen LogP contribution >= 0.6 is 0 Å². The van der Waals surface area contributed by atoms with Crippen molar-refractivity contribution in [2.75, 3.05) is 18.2 Å². The summed E-state index contributed by atoms with van der Waals surface area (Å²) in [6, 6.07) is 14.5. The van der Waals surface area contributed by atoms with Gasteiger partial charge in [0, 0.05) is 35.8 Å². The summed E-state index contributed by atoms with van der Waals surface area (Å²) >= 11 is 0. The number of aromatic nitrogens is 2. The van der Waals surface area contributed by atoms with Gasteiger partial charge in [0.2, 0.25) is 5.95 Å². The third-order valence-electron chi connectivity index (χ3n) is 4.53. The zero-order chi connectivity index (χ0) is 17.2.